The van der Waals surface area contributed by atoms with Crippen molar-refractivity contribution in [2.24, 2.45) is 5.41 Å². The lowest BCUT2D eigenvalue weighted by Gasteiger charge is -2.30. The van der Waals surface area contributed by atoms with Crippen molar-refractivity contribution in [1.82, 2.24) is 15.2 Å². The molecule has 0 saturated heterocycles. The number of carbonyl (C=O) groups is 1. The van der Waals surface area contributed by atoms with E-state index in [-0.39, 0.29) is 36.5 Å². The number of hydrogen-bond donors (Lipinski definition) is 2. The number of aliphatic hydroxyl groups excluding tert-OH is 1. The van der Waals surface area contributed by atoms with Crippen molar-refractivity contribution in [3.05, 3.63) is 65.7 Å². The van der Waals surface area contributed by atoms with Crippen LogP contribution < -0.4 is 5.32 Å². The van der Waals surface area contributed by atoms with E-state index in [2.05, 4.69) is 31.1 Å². The average molecular weight is 373 g/mol. The maximum absolute atomic E-state index is 13.1. The highest BCUT2D eigenvalue weighted by atomic mass is 19.1. The molecule has 1 atom stereocenters. The number of pyridine rings is 1. The largest absolute Gasteiger partial charge is 0.395 e. The van der Waals surface area contributed by atoms with Gasteiger partial charge in [-0.2, -0.15) is 0 Å². The Labute approximate surface area is 160 Å². The summed E-state index contributed by atoms with van der Waals surface area (Å²) in [5, 5.41) is 12.4. The number of nitrogens with zero attached hydrogens (tertiary/aromatic N) is 2. The summed E-state index contributed by atoms with van der Waals surface area (Å²) in [6.07, 6.45) is 4.20. The number of aromatic nitrogens is 1. The number of halogens is 1. The second-order valence-electron chi connectivity index (χ2n) is 7.82. The van der Waals surface area contributed by atoms with Gasteiger partial charge in [0.05, 0.1) is 12.6 Å². The van der Waals surface area contributed by atoms with Crippen LogP contribution in [0.15, 0.2) is 48.8 Å². The van der Waals surface area contributed by atoms with Gasteiger partial charge < -0.3 is 15.3 Å². The Morgan fingerprint density at radius 3 is 2.52 bits per heavy atom. The number of hydrogen-bond acceptors (Lipinski definition) is 3. The normalized spacial score (nSPS) is 12.5. The number of amides is 2. The molecule has 146 valence electrons. The number of aliphatic hydroxyl groups is 1. The van der Waals surface area contributed by atoms with Crippen LogP contribution in [-0.4, -0.2) is 34.2 Å². The summed E-state index contributed by atoms with van der Waals surface area (Å²) in [5.74, 6) is -0.321. The van der Waals surface area contributed by atoms with Gasteiger partial charge in [0.2, 0.25) is 0 Å². The molecule has 0 spiro atoms. The minimum atomic E-state index is -0.321. The first kappa shape index (κ1) is 20.8. The molecule has 1 heterocycles. The third-order valence-electron chi connectivity index (χ3n) is 4.14. The molecule has 27 heavy (non-hydrogen) atoms. The van der Waals surface area contributed by atoms with E-state index in [0.717, 1.165) is 17.5 Å². The number of urea groups is 1. The highest BCUT2D eigenvalue weighted by Crippen LogP contribution is 2.29. The van der Waals surface area contributed by atoms with E-state index < -0.39 is 0 Å². The SMILES string of the molecule is CC(C)(C)C[C@H](NC(=O)N(CCO)Cc1ccc(F)cc1)c1cccnc1. The molecule has 2 aromatic rings. The van der Waals surface area contributed by atoms with E-state index in [1.165, 1.54) is 17.0 Å². The van der Waals surface area contributed by atoms with Gasteiger partial charge in [0.1, 0.15) is 5.82 Å². The summed E-state index contributed by atoms with van der Waals surface area (Å²) in [6.45, 7) is 6.69. The first-order valence-electron chi connectivity index (χ1n) is 9.09. The average Bonchev–Trinajstić information content (AvgIpc) is 2.62. The summed E-state index contributed by atoms with van der Waals surface area (Å²) >= 11 is 0. The molecule has 0 unspecified atom stereocenters. The van der Waals surface area contributed by atoms with E-state index in [1.807, 2.05) is 12.1 Å². The van der Waals surface area contributed by atoms with Crippen LogP contribution >= 0.6 is 0 Å². The number of benzene rings is 1. The monoisotopic (exact) mass is 373 g/mol. The summed E-state index contributed by atoms with van der Waals surface area (Å²) in [5.41, 5.74) is 1.74. The predicted octanol–water partition coefficient (Wildman–Crippen LogP) is 3.90. The van der Waals surface area contributed by atoms with E-state index in [4.69, 9.17) is 0 Å². The summed E-state index contributed by atoms with van der Waals surface area (Å²) < 4.78 is 13.1. The van der Waals surface area contributed by atoms with Gasteiger partial charge in [0, 0.05) is 25.5 Å². The van der Waals surface area contributed by atoms with Crippen molar-refractivity contribution in [2.75, 3.05) is 13.2 Å². The van der Waals surface area contributed by atoms with Crippen LogP contribution in [0.5, 0.6) is 0 Å². The molecule has 0 aliphatic rings. The van der Waals surface area contributed by atoms with Crippen LogP contribution in [0.3, 0.4) is 0 Å². The van der Waals surface area contributed by atoms with Crippen LogP contribution in [0.2, 0.25) is 0 Å². The molecular formula is C21H28FN3O2. The molecule has 0 aliphatic heterocycles. The zero-order chi connectivity index (χ0) is 19.9. The molecule has 1 aromatic heterocycles. The fourth-order valence-corrected chi connectivity index (χ4v) is 2.87. The topological polar surface area (TPSA) is 65.5 Å². The molecule has 0 radical (unpaired) electrons. The van der Waals surface area contributed by atoms with E-state index in [1.54, 1.807) is 24.5 Å². The van der Waals surface area contributed by atoms with E-state index >= 15 is 0 Å². The first-order chi connectivity index (χ1) is 12.8. The van der Waals surface area contributed by atoms with Crippen molar-refractivity contribution in [2.45, 2.75) is 39.8 Å². The lowest BCUT2D eigenvalue weighted by molar-refractivity contribution is 0.167. The van der Waals surface area contributed by atoms with E-state index in [0.29, 0.717) is 6.54 Å². The molecule has 2 amide bonds. The van der Waals surface area contributed by atoms with Crippen molar-refractivity contribution in [3.63, 3.8) is 0 Å². The third kappa shape index (κ3) is 6.98. The number of rotatable bonds is 7. The Balaban J connectivity index is 2.15. The molecule has 0 aliphatic carbocycles. The molecular weight excluding hydrogens is 345 g/mol. The van der Waals surface area contributed by atoms with Gasteiger partial charge in [-0.05, 0) is 41.2 Å². The number of nitrogens with one attached hydrogen (secondary N) is 1. The Hall–Kier alpha value is -2.47. The van der Waals surface area contributed by atoms with Crippen LogP contribution in [0.25, 0.3) is 0 Å². The Bertz CT molecular complexity index is 714. The van der Waals surface area contributed by atoms with Crippen LogP contribution in [0.1, 0.15) is 44.4 Å². The maximum Gasteiger partial charge on any atom is 0.318 e. The zero-order valence-electron chi connectivity index (χ0n) is 16.2. The first-order valence-corrected chi connectivity index (χ1v) is 9.09. The maximum atomic E-state index is 13.1. The predicted molar refractivity (Wildman–Crippen MR) is 103 cm³/mol. The van der Waals surface area contributed by atoms with Crippen LogP contribution in [-0.2, 0) is 6.54 Å². The highest BCUT2D eigenvalue weighted by Gasteiger charge is 2.24. The Morgan fingerprint density at radius 2 is 1.96 bits per heavy atom. The molecule has 6 heteroatoms. The van der Waals surface area contributed by atoms with Crippen LogP contribution in [0.4, 0.5) is 9.18 Å². The van der Waals surface area contributed by atoms with Gasteiger partial charge in [-0.15, -0.1) is 0 Å². The van der Waals surface area contributed by atoms with Gasteiger partial charge in [0.15, 0.2) is 0 Å². The lowest BCUT2D eigenvalue weighted by atomic mass is 9.86. The molecule has 2 rings (SSSR count). The van der Waals surface area contributed by atoms with Gasteiger partial charge in [-0.1, -0.05) is 39.0 Å². The highest BCUT2D eigenvalue weighted by molar-refractivity contribution is 5.74. The quantitative estimate of drug-likeness (QED) is 0.773. The third-order valence-corrected chi connectivity index (χ3v) is 4.14. The molecule has 5 nitrogen and oxygen atoms in total. The molecule has 1 aromatic carbocycles. The Kier molecular flexibility index (Phi) is 7.30. The van der Waals surface area contributed by atoms with Crippen molar-refractivity contribution >= 4 is 6.03 Å². The molecule has 2 N–H and O–H groups in total. The summed E-state index contributed by atoms with van der Waals surface area (Å²) in [4.78, 5) is 18.6. The van der Waals surface area contributed by atoms with Crippen molar-refractivity contribution in [1.29, 1.82) is 0 Å². The van der Waals surface area contributed by atoms with Gasteiger partial charge >= 0.3 is 6.03 Å². The van der Waals surface area contributed by atoms with Gasteiger partial charge in [0.25, 0.3) is 0 Å². The Morgan fingerprint density at radius 1 is 1.26 bits per heavy atom. The molecule has 0 bridgehead atoms. The van der Waals surface area contributed by atoms with Gasteiger partial charge in [-0.25, -0.2) is 9.18 Å². The minimum absolute atomic E-state index is 0.00650. The lowest BCUT2D eigenvalue weighted by Crippen LogP contribution is -2.43. The van der Waals surface area contributed by atoms with E-state index in [9.17, 15) is 14.3 Å². The van der Waals surface area contributed by atoms with Crippen molar-refractivity contribution in [3.8, 4) is 0 Å². The number of carbonyl (C=O) groups excluding carboxylic acids is 1. The van der Waals surface area contributed by atoms with Crippen molar-refractivity contribution < 1.29 is 14.3 Å². The minimum Gasteiger partial charge on any atom is -0.395 e. The van der Waals surface area contributed by atoms with Gasteiger partial charge in [-0.3, -0.25) is 4.98 Å². The second-order valence-corrected chi connectivity index (χ2v) is 7.82. The fourth-order valence-electron chi connectivity index (χ4n) is 2.87. The zero-order valence-corrected chi connectivity index (χ0v) is 16.2. The summed E-state index contributed by atoms with van der Waals surface area (Å²) in [6, 6.07) is 9.33. The standard InChI is InChI=1S/C21H28FN3O2/c1-21(2,3)13-19(17-5-4-10-23-14-17)24-20(27)25(11-12-26)15-16-6-8-18(22)9-7-16/h4-10,14,19,26H,11-13,15H2,1-3H3,(H,24,27)/t19-/m0/s1. The summed E-state index contributed by atoms with van der Waals surface area (Å²) in [7, 11) is 0. The van der Waals surface area contributed by atoms with Crippen LogP contribution in [0, 0.1) is 11.2 Å². The molecule has 0 fully saturated rings. The fraction of sp³-hybridized carbons (Fsp3) is 0.429. The molecule has 0 saturated carbocycles. The smallest absolute Gasteiger partial charge is 0.318 e. The second kappa shape index (κ2) is 9.46.